The first kappa shape index (κ1) is 37.8. The first-order chi connectivity index (χ1) is 22.4. The van der Waals surface area contributed by atoms with Crippen molar-refractivity contribution in [3.8, 4) is 6.07 Å². The molecule has 1 aliphatic rings. The highest BCUT2D eigenvalue weighted by atomic mass is 16.6. The normalized spacial score (nSPS) is 16.1. The van der Waals surface area contributed by atoms with Gasteiger partial charge in [-0.1, -0.05) is 73.9 Å². The lowest BCUT2D eigenvalue weighted by molar-refractivity contribution is -0.0115. The number of nitrogens with zero attached hydrogens (tertiary/aromatic N) is 1. The van der Waals surface area contributed by atoms with Gasteiger partial charge in [-0.05, 0) is 69.5 Å². The van der Waals surface area contributed by atoms with Crippen molar-refractivity contribution >= 4 is 23.6 Å². The van der Waals surface area contributed by atoms with Crippen LogP contribution in [0.3, 0.4) is 0 Å². The van der Waals surface area contributed by atoms with Gasteiger partial charge in [0.15, 0.2) is 0 Å². The number of aryl methyl sites for hydroxylation is 3. The number of ether oxygens (including phenoxy) is 2. The summed E-state index contributed by atoms with van der Waals surface area (Å²) in [6.07, 6.45) is 1.72. The molecule has 10 nitrogen and oxygen atoms in total. The molecule has 1 aliphatic heterocycles. The number of carbonyl (C=O) groups is 3. The lowest BCUT2D eigenvalue weighted by Crippen LogP contribution is -2.18. The van der Waals surface area contributed by atoms with Crippen LogP contribution in [0.5, 0.6) is 0 Å². The number of hydrogen-bond donors (Lipinski definition) is 3. The number of rotatable bonds is 6. The lowest BCUT2D eigenvalue weighted by Gasteiger charge is -2.15. The zero-order valence-electron chi connectivity index (χ0n) is 27.5. The van der Waals surface area contributed by atoms with Gasteiger partial charge in [0.25, 0.3) is 0 Å². The third kappa shape index (κ3) is 11.5. The number of esters is 1. The number of carboxylic acid groups (broad SMARTS) is 2. The second-order valence-corrected chi connectivity index (χ2v) is 10.7. The number of furan rings is 1. The van der Waals surface area contributed by atoms with Crippen LogP contribution in [0.1, 0.15) is 92.4 Å². The largest absolute Gasteiger partial charge is 0.478 e. The number of anilines is 1. The van der Waals surface area contributed by atoms with Gasteiger partial charge in [-0.25, -0.2) is 14.4 Å². The Morgan fingerprint density at radius 2 is 1.26 bits per heavy atom. The molecule has 3 atom stereocenters. The van der Waals surface area contributed by atoms with Crippen LogP contribution < -0.4 is 5.73 Å². The van der Waals surface area contributed by atoms with Gasteiger partial charge < -0.3 is 29.8 Å². The number of benzene rings is 3. The smallest absolute Gasteiger partial charge is 0.338 e. The van der Waals surface area contributed by atoms with E-state index in [1.165, 1.54) is 6.26 Å². The van der Waals surface area contributed by atoms with E-state index in [2.05, 4.69) is 0 Å². The molecule has 10 heteroatoms. The second-order valence-electron chi connectivity index (χ2n) is 10.7. The molecule has 0 spiro atoms. The topological polar surface area (TPSA) is 173 Å². The summed E-state index contributed by atoms with van der Waals surface area (Å²) in [5.41, 5.74) is 11.4. The molecular weight excluding hydrogens is 600 g/mol. The fourth-order valence-corrected chi connectivity index (χ4v) is 4.44. The van der Waals surface area contributed by atoms with Crippen molar-refractivity contribution in [3.63, 3.8) is 0 Å². The van der Waals surface area contributed by atoms with Crippen LogP contribution in [-0.2, 0) is 9.47 Å². The maximum Gasteiger partial charge on any atom is 0.338 e. The molecule has 1 aromatic heterocycles. The van der Waals surface area contributed by atoms with Crippen molar-refractivity contribution in [3.05, 3.63) is 124 Å². The molecule has 1 unspecified atom stereocenters. The van der Waals surface area contributed by atoms with Gasteiger partial charge in [0.05, 0.1) is 34.6 Å². The van der Waals surface area contributed by atoms with Crippen LogP contribution in [0.4, 0.5) is 5.69 Å². The molecule has 4 N–H and O–H groups in total. The molecule has 0 bridgehead atoms. The van der Waals surface area contributed by atoms with Gasteiger partial charge in [-0.2, -0.15) is 5.26 Å². The Balaban J connectivity index is 0.000000286. The van der Waals surface area contributed by atoms with Crippen molar-refractivity contribution in [2.24, 2.45) is 5.92 Å². The predicted octanol–water partition coefficient (Wildman–Crippen LogP) is 7.78. The number of carbonyl (C=O) groups excluding carboxylic acids is 1. The summed E-state index contributed by atoms with van der Waals surface area (Å²) in [7, 11) is 0. The van der Waals surface area contributed by atoms with Crippen molar-refractivity contribution < 1.29 is 38.5 Å². The van der Waals surface area contributed by atoms with Crippen LogP contribution in [-0.4, -0.2) is 40.8 Å². The molecular formula is C37H42N2O8. The molecule has 1 saturated heterocycles. The number of nitrogen functional groups attached to an aromatic ring is 1. The molecule has 0 saturated carbocycles. The van der Waals surface area contributed by atoms with Crippen molar-refractivity contribution in [1.29, 1.82) is 5.26 Å². The molecule has 2 heterocycles. The minimum absolute atomic E-state index is 0.0973. The summed E-state index contributed by atoms with van der Waals surface area (Å²) in [6.45, 7) is 12.0. The van der Waals surface area contributed by atoms with Gasteiger partial charge in [0.1, 0.15) is 18.9 Å². The SMILES string of the molecule is CC.Cc1ccc(C(=O)O)cc1.Cc1ccc(C(=O)O)cc1.Cc1ccc(C(=O)OC[C@@H]2CC(C)[C@H](c3coc(C#N)c3N)O2)cc1. The predicted molar refractivity (Wildman–Crippen MR) is 178 cm³/mol. The van der Waals surface area contributed by atoms with Crippen LogP contribution in [0, 0.1) is 38.0 Å². The highest BCUT2D eigenvalue weighted by Gasteiger charge is 2.36. The van der Waals surface area contributed by atoms with E-state index in [1.54, 1.807) is 60.7 Å². The summed E-state index contributed by atoms with van der Waals surface area (Å²) in [5, 5.41) is 25.9. The monoisotopic (exact) mass is 642 g/mol. The molecule has 5 rings (SSSR count). The molecule has 248 valence electrons. The van der Waals surface area contributed by atoms with E-state index in [-0.39, 0.29) is 36.5 Å². The van der Waals surface area contributed by atoms with Gasteiger partial charge in [-0.3, -0.25) is 0 Å². The van der Waals surface area contributed by atoms with E-state index < -0.39 is 11.9 Å². The number of aromatic carboxylic acids is 2. The van der Waals surface area contributed by atoms with Gasteiger partial charge in [0.2, 0.25) is 5.76 Å². The Labute approximate surface area is 275 Å². The fraction of sp³-hybridized carbons (Fsp3) is 0.297. The van der Waals surface area contributed by atoms with E-state index in [4.69, 9.17) is 35.1 Å². The molecule has 0 radical (unpaired) electrons. The molecule has 0 aliphatic carbocycles. The summed E-state index contributed by atoms with van der Waals surface area (Å²) in [5.74, 6) is -1.84. The Kier molecular flexibility index (Phi) is 14.9. The zero-order valence-corrected chi connectivity index (χ0v) is 27.5. The summed E-state index contributed by atoms with van der Waals surface area (Å²) in [4.78, 5) is 32.7. The first-order valence-corrected chi connectivity index (χ1v) is 15.2. The summed E-state index contributed by atoms with van der Waals surface area (Å²) < 4.78 is 16.5. The Morgan fingerprint density at radius 3 is 1.64 bits per heavy atom. The average molecular weight is 643 g/mol. The number of nitrogens with two attached hydrogens (primary N) is 1. The van der Waals surface area contributed by atoms with Crippen LogP contribution >= 0.6 is 0 Å². The second kappa shape index (κ2) is 18.5. The number of hydrogen-bond acceptors (Lipinski definition) is 8. The third-order valence-electron chi connectivity index (χ3n) is 7.04. The van der Waals surface area contributed by atoms with Gasteiger partial charge >= 0.3 is 17.9 Å². The van der Waals surface area contributed by atoms with Crippen LogP contribution in [0.2, 0.25) is 0 Å². The number of nitriles is 1. The van der Waals surface area contributed by atoms with Crippen molar-refractivity contribution in [2.45, 2.75) is 60.2 Å². The van der Waals surface area contributed by atoms with E-state index in [1.807, 2.05) is 59.7 Å². The molecule has 47 heavy (non-hydrogen) atoms. The molecule has 0 amide bonds. The van der Waals surface area contributed by atoms with Gasteiger partial charge in [0, 0.05) is 5.56 Å². The summed E-state index contributed by atoms with van der Waals surface area (Å²) >= 11 is 0. The quantitative estimate of drug-likeness (QED) is 0.176. The average Bonchev–Trinajstić information content (AvgIpc) is 3.62. The highest BCUT2D eigenvalue weighted by molar-refractivity contribution is 5.89. The minimum atomic E-state index is -0.875. The molecule has 3 aromatic carbocycles. The number of carboxylic acids is 2. The molecule has 4 aromatic rings. The van der Waals surface area contributed by atoms with Crippen LogP contribution in [0.25, 0.3) is 0 Å². The standard InChI is InChI=1S/C19H20N2O4.2C8H8O2.C2H6/c1-11-3-5-13(6-4-11)19(22)24-9-14-7-12(2)18(25-14)15-10-23-16(8-20)17(15)21;2*1-6-2-4-7(5-3-6)8(9)10;1-2/h3-6,10,12,14,18H,7,9,21H2,1-2H3;2*2-5H,1H3,(H,9,10);1-2H3/t12?,14-,18+;;;/m0.../s1. The van der Waals surface area contributed by atoms with Crippen molar-refractivity contribution in [1.82, 2.24) is 0 Å². The van der Waals surface area contributed by atoms with Crippen LogP contribution in [0.15, 0.2) is 83.5 Å². The Hall–Kier alpha value is -5.40. The maximum atomic E-state index is 12.1. The fourth-order valence-electron chi connectivity index (χ4n) is 4.44. The third-order valence-corrected chi connectivity index (χ3v) is 7.04. The van der Waals surface area contributed by atoms with E-state index >= 15 is 0 Å². The summed E-state index contributed by atoms with van der Waals surface area (Å²) in [6, 6.07) is 22.6. The minimum Gasteiger partial charge on any atom is -0.478 e. The highest BCUT2D eigenvalue weighted by Crippen LogP contribution is 2.41. The lowest BCUT2D eigenvalue weighted by atomic mass is 9.97. The Bertz CT molecular complexity index is 1580. The van der Waals surface area contributed by atoms with E-state index in [0.717, 1.165) is 23.1 Å². The van der Waals surface area contributed by atoms with E-state index in [9.17, 15) is 14.4 Å². The van der Waals surface area contributed by atoms with E-state index in [0.29, 0.717) is 27.9 Å². The Morgan fingerprint density at radius 1 is 0.830 bits per heavy atom. The first-order valence-electron chi connectivity index (χ1n) is 15.2. The van der Waals surface area contributed by atoms with Gasteiger partial charge in [-0.15, -0.1) is 0 Å². The van der Waals surface area contributed by atoms with Crippen molar-refractivity contribution in [2.75, 3.05) is 12.3 Å². The molecule has 1 fully saturated rings. The zero-order chi connectivity index (χ0) is 35.1. The maximum absolute atomic E-state index is 12.1.